The topological polar surface area (TPSA) is 62.0 Å². The van der Waals surface area contributed by atoms with Crippen molar-refractivity contribution in [3.05, 3.63) is 70.9 Å². The minimum atomic E-state index is -3.25. The number of hydrogen-bond acceptors (Lipinski definition) is 2. The molecule has 0 fully saturated rings. The van der Waals surface area contributed by atoms with E-state index in [1.807, 2.05) is 54.7 Å². The minimum Gasteiger partial charge on any atom is -0.361 e. The number of sulfonamides is 1. The Morgan fingerprint density at radius 3 is 2.64 bits per heavy atom. The number of halogens is 1. The molecule has 0 bridgehead atoms. The maximum atomic E-state index is 12.1. The molecule has 0 amide bonds. The lowest BCUT2D eigenvalue weighted by Crippen LogP contribution is -2.28. The monoisotopic (exact) mass is 376 g/mol. The largest absolute Gasteiger partial charge is 0.361 e. The van der Waals surface area contributed by atoms with Gasteiger partial charge in [0.15, 0.2) is 0 Å². The van der Waals surface area contributed by atoms with Crippen molar-refractivity contribution >= 4 is 32.5 Å². The van der Waals surface area contributed by atoms with Crippen molar-refractivity contribution in [2.75, 3.05) is 12.3 Å². The van der Waals surface area contributed by atoms with E-state index in [1.165, 1.54) is 0 Å². The van der Waals surface area contributed by atoms with Crippen LogP contribution >= 0.6 is 11.6 Å². The van der Waals surface area contributed by atoms with Gasteiger partial charge in [-0.25, -0.2) is 13.1 Å². The number of fused-ring (bicyclic) bond motifs is 1. The maximum Gasteiger partial charge on any atom is 0.211 e. The van der Waals surface area contributed by atoms with Gasteiger partial charge in [0.25, 0.3) is 0 Å². The number of aryl methyl sites for hydroxylation is 1. The summed E-state index contributed by atoms with van der Waals surface area (Å²) in [5, 5.41) is 1.76. The molecule has 2 aromatic carbocycles. The molecule has 25 heavy (non-hydrogen) atoms. The molecule has 0 unspecified atom stereocenters. The second kappa shape index (κ2) is 8.04. The third-order valence-corrected chi connectivity index (χ3v) is 5.87. The third-order valence-electron chi connectivity index (χ3n) is 4.17. The van der Waals surface area contributed by atoms with Crippen molar-refractivity contribution in [3.63, 3.8) is 0 Å². The summed E-state index contributed by atoms with van der Waals surface area (Å²) in [5.41, 5.74) is 3.21. The van der Waals surface area contributed by atoms with Crippen molar-refractivity contribution in [3.8, 4) is 0 Å². The first kappa shape index (κ1) is 18.0. The molecule has 0 saturated carbocycles. The van der Waals surface area contributed by atoms with Gasteiger partial charge in [-0.3, -0.25) is 0 Å². The molecule has 0 atom stereocenters. The fraction of sp³-hybridized carbons (Fsp3) is 0.263. The quantitative estimate of drug-likeness (QED) is 0.626. The molecule has 2 N–H and O–H groups in total. The lowest BCUT2D eigenvalue weighted by atomic mass is 10.1. The van der Waals surface area contributed by atoms with Gasteiger partial charge in [-0.2, -0.15) is 0 Å². The molecule has 0 aliphatic rings. The van der Waals surface area contributed by atoms with Gasteiger partial charge >= 0.3 is 0 Å². The molecular weight excluding hydrogens is 356 g/mol. The summed E-state index contributed by atoms with van der Waals surface area (Å²) in [6.07, 6.45) is 3.93. The lowest BCUT2D eigenvalue weighted by Gasteiger charge is -2.07. The Kier molecular flexibility index (Phi) is 5.78. The molecule has 3 rings (SSSR count). The van der Waals surface area contributed by atoms with Crippen LogP contribution in [-0.2, 0) is 22.9 Å². The van der Waals surface area contributed by atoms with E-state index in [9.17, 15) is 8.42 Å². The van der Waals surface area contributed by atoms with Crippen molar-refractivity contribution in [1.29, 1.82) is 0 Å². The summed E-state index contributed by atoms with van der Waals surface area (Å²) in [7, 11) is -3.25. The smallest absolute Gasteiger partial charge is 0.211 e. The SMILES string of the molecule is O=S(=O)(CCCc1ccccc1)NCCc1c[nH]c2cc(Cl)ccc12. The van der Waals surface area contributed by atoms with E-state index in [-0.39, 0.29) is 5.75 Å². The molecule has 4 nitrogen and oxygen atoms in total. The summed E-state index contributed by atoms with van der Waals surface area (Å²) in [5.74, 6) is 0.144. The molecule has 0 spiro atoms. The number of aromatic nitrogens is 1. The van der Waals surface area contributed by atoms with Crippen molar-refractivity contribution in [1.82, 2.24) is 9.71 Å². The van der Waals surface area contributed by atoms with E-state index in [4.69, 9.17) is 11.6 Å². The highest BCUT2D eigenvalue weighted by Crippen LogP contribution is 2.22. The molecular formula is C19H21ClN2O2S. The lowest BCUT2D eigenvalue weighted by molar-refractivity contribution is 0.579. The first-order valence-corrected chi connectivity index (χ1v) is 10.3. The van der Waals surface area contributed by atoms with Gasteiger partial charge in [-0.1, -0.05) is 48.0 Å². The third kappa shape index (κ3) is 5.08. The first-order chi connectivity index (χ1) is 12.0. The van der Waals surface area contributed by atoms with Gasteiger partial charge in [-0.15, -0.1) is 0 Å². The number of rotatable bonds is 8. The van der Waals surface area contributed by atoms with Gasteiger partial charge < -0.3 is 4.98 Å². The average molecular weight is 377 g/mol. The predicted octanol–water partition coefficient (Wildman–Crippen LogP) is 3.92. The van der Waals surface area contributed by atoms with Gasteiger partial charge in [0, 0.05) is 28.7 Å². The Morgan fingerprint density at radius 1 is 1.04 bits per heavy atom. The van der Waals surface area contributed by atoms with Crippen molar-refractivity contribution in [2.45, 2.75) is 19.3 Å². The van der Waals surface area contributed by atoms with Crippen LogP contribution in [0.3, 0.4) is 0 Å². The average Bonchev–Trinajstić information content (AvgIpc) is 2.97. The van der Waals surface area contributed by atoms with Gasteiger partial charge in [0.05, 0.1) is 5.75 Å². The van der Waals surface area contributed by atoms with E-state index in [1.54, 1.807) is 0 Å². The minimum absolute atomic E-state index is 0.144. The van der Waals surface area contributed by atoms with E-state index in [0.29, 0.717) is 24.4 Å². The number of benzene rings is 2. The van der Waals surface area contributed by atoms with Crippen LogP contribution in [0.2, 0.25) is 5.02 Å². The molecule has 6 heteroatoms. The van der Waals surface area contributed by atoms with Crippen LogP contribution in [0.1, 0.15) is 17.5 Å². The Balaban J connectivity index is 1.48. The highest BCUT2D eigenvalue weighted by molar-refractivity contribution is 7.89. The Hall–Kier alpha value is -1.82. The molecule has 132 valence electrons. The standard InChI is InChI=1S/C19H21ClN2O2S/c20-17-8-9-18-16(14-21-19(18)13-17)10-11-22-25(23,24)12-4-7-15-5-2-1-3-6-15/h1-3,5-6,8-9,13-14,21-22H,4,7,10-12H2. The second-order valence-electron chi connectivity index (χ2n) is 6.06. The normalized spacial score (nSPS) is 11.9. The number of hydrogen-bond donors (Lipinski definition) is 2. The highest BCUT2D eigenvalue weighted by Gasteiger charge is 2.10. The Labute approximate surface area is 153 Å². The van der Waals surface area contributed by atoms with Crippen molar-refractivity contribution < 1.29 is 8.42 Å². The first-order valence-electron chi connectivity index (χ1n) is 8.30. The molecule has 0 aliphatic heterocycles. The molecule has 1 heterocycles. The van der Waals surface area contributed by atoms with Crippen LogP contribution in [0.25, 0.3) is 10.9 Å². The Morgan fingerprint density at radius 2 is 1.84 bits per heavy atom. The van der Waals surface area contributed by atoms with Crippen molar-refractivity contribution in [2.24, 2.45) is 0 Å². The highest BCUT2D eigenvalue weighted by atomic mass is 35.5. The van der Waals surface area contributed by atoms with Gasteiger partial charge in [0.2, 0.25) is 10.0 Å². The van der Waals surface area contributed by atoms with Gasteiger partial charge in [-0.05, 0) is 42.5 Å². The summed E-state index contributed by atoms with van der Waals surface area (Å²) in [4.78, 5) is 3.17. The van der Waals surface area contributed by atoms with Crippen LogP contribution in [0.15, 0.2) is 54.7 Å². The zero-order chi connectivity index (χ0) is 17.7. The van der Waals surface area contributed by atoms with E-state index in [0.717, 1.165) is 28.5 Å². The predicted molar refractivity (Wildman–Crippen MR) is 104 cm³/mol. The number of H-pyrrole nitrogens is 1. The number of nitrogens with one attached hydrogen (secondary N) is 2. The van der Waals surface area contributed by atoms with Crippen LogP contribution in [-0.4, -0.2) is 25.7 Å². The fourth-order valence-electron chi connectivity index (χ4n) is 2.89. The molecule has 0 aliphatic carbocycles. The summed E-state index contributed by atoms with van der Waals surface area (Å²) >= 11 is 5.97. The summed E-state index contributed by atoms with van der Waals surface area (Å²) < 4.78 is 26.9. The molecule has 0 saturated heterocycles. The van der Waals surface area contributed by atoms with E-state index in [2.05, 4.69) is 9.71 Å². The van der Waals surface area contributed by atoms with E-state index >= 15 is 0 Å². The fourth-order valence-corrected chi connectivity index (χ4v) is 4.14. The second-order valence-corrected chi connectivity index (χ2v) is 8.42. The van der Waals surface area contributed by atoms with Crippen LogP contribution in [0.5, 0.6) is 0 Å². The summed E-state index contributed by atoms with van der Waals surface area (Å²) in [6.45, 7) is 0.392. The van der Waals surface area contributed by atoms with E-state index < -0.39 is 10.0 Å². The summed E-state index contributed by atoms with van der Waals surface area (Å²) in [6, 6.07) is 15.6. The molecule has 0 radical (unpaired) electrons. The zero-order valence-electron chi connectivity index (χ0n) is 13.8. The zero-order valence-corrected chi connectivity index (χ0v) is 15.4. The molecule has 1 aromatic heterocycles. The van der Waals surface area contributed by atoms with Crippen LogP contribution in [0, 0.1) is 0 Å². The molecule has 3 aromatic rings. The van der Waals surface area contributed by atoms with Crippen LogP contribution in [0.4, 0.5) is 0 Å². The Bertz CT molecular complexity index is 936. The number of aromatic amines is 1. The van der Waals surface area contributed by atoms with Gasteiger partial charge in [0.1, 0.15) is 0 Å². The maximum absolute atomic E-state index is 12.1. The van der Waals surface area contributed by atoms with Crippen LogP contribution < -0.4 is 4.72 Å².